The molecule has 4 rings (SSSR count). The Labute approximate surface area is 135 Å². The molecule has 2 heteroatoms. The summed E-state index contributed by atoms with van der Waals surface area (Å²) in [5.41, 5.74) is 4.90. The number of benzene rings is 3. The van der Waals surface area contributed by atoms with Gasteiger partial charge in [-0.05, 0) is 28.8 Å². The molecule has 0 atom stereocenters. The Morgan fingerprint density at radius 3 is 1.78 bits per heavy atom. The van der Waals surface area contributed by atoms with E-state index in [1.54, 1.807) is 7.11 Å². The van der Waals surface area contributed by atoms with Gasteiger partial charge in [0.1, 0.15) is 5.75 Å². The zero-order chi connectivity index (χ0) is 15.8. The van der Waals surface area contributed by atoms with E-state index in [0.717, 1.165) is 28.0 Å². The molecule has 112 valence electrons. The summed E-state index contributed by atoms with van der Waals surface area (Å²) in [4.78, 5) is 12.8. The molecule has 1 aliphatic rings. The lowest BCUT2D eigenvalue weighted by Crippen LogP contribution is -2.20. The average Bonchev–Trinajstić information content (AvgIpc) is 2.63. The molecule has 0 N–H and O–H groups in total. The molecule has 0 unspecified atom stereocenters. The Morgan fingerprint density at radius 1 is 0.739 bits per heavy atom. The summed E-state index contributed by atoms with van der Waals surface area (Å²) < 4.78 is 5.26. The Bertz CT molecular complexity index is 829. The van der Waals surface area contributed by atoms with Gasteiger partial charge < -0.3 is 4.74 Å². The average molecular weight is 300 g/mol. The summed E-state index contributed by atoms with van der Waals surface area (Å²) in [7, 11) is 1.67. The van der Waals surface area contributed by atoms with Crippen LogP contribution in [0.15, 0.2) is 72.8 Å². The summed E-state index contributed by atoms with van der Waals surface area (Å²) in [5, 5.41) is 0. The van der Waals surface area contributed by atoms with Crippen LogP contribution in [0.2, 0.25) is 0 Å². The van der Waals surface area contributed by atoms with Crippen LogP contribution < -0.4 is 4.74 Å². The van der Waals surface area contributed by atoms with Crippen molar-refractivity contribution < 1.29 is 9.53 Å². The summed E-state index contributed by atoms with van der Waals surface area (Å²) in [6, 6.07) is 23.9. The highest BCUT2D eigenvalue weighted by Gasteiger charge is 2.31. The molecule has 0 spiro atoms. The second-order valence-corrected chi connectivity index (χ2v) is 5.71. The molecule has 3 aromatic carbocycles. The summed E-state index contributed by atoms with van der Waals surface area (Å²) in [6.45, 7) is 0. The van der Waals surface area contributed by atoms with Gasteiger partial charge in [-0.15, -0.1) is 0 Å². The van der Waals surface area contributed by atoms with E-state index in [1.807, 2.05) is 48.5 Å². The lowest BCUT2D eigenvalue weighted by Gasteiger charge is -2.28. The van der Waals surface area contributed by atoms with Gasteiger partial charge >= 0.3 is 0 Å². The van der Waals surface area contributed by atoms with Crippen LogP contribution in [0.1, 0.15) is 38.5 Å². The van der Waals surface area contributed by atoms with Crippen molar-refractivity contribution in [2.45, 2.75) is 5.92 Å². The summed E-state index contributed by atoms with van der Waals surface area (Å²) >= 11 is 0. The van der Waals surface area contributed by atoms with Crippen molar-refractivity contribution >= 4 is 5.78 Å². The lowest BCUT2D eigenvalue weighted by molar-refractivity contribution is 0.103. The van der Waals surface area contributed by atoms with E-state index < -0.39 is 0 Å². The van der Waals surface area contributed by atoms with Gasteiger partial charge in [-0.1, -0.05) is 60.7 Å². The number of ketones is 1. The van der Waals surface area contributed by atoms with E-state index in [0.29, 0.717) is 0 Å². The van der Waals surface area contributed by atoms with Crippen LogP contribution in [0.3, 0.4) is 0 Å². The number of carbonyl (C=O) groups excluding carboxylic acids is 1. The van der Waals surface area contributed by atoms with Gasteiger partial charge in [-0.2, -0.15) is 0 Å². The minimum atomic E-state index is 0.0750. The van der Waals surface area contributed by atoms with Gasteiger partial charge in [0.2, 0.25) is 0 Å². The number of fused-ring (bicyclic) bond motifs is 2. The van der Waals surface area contributed by atoms with E-state index in [2.05, 4.69) is 24.3 Å². The summed E-state index contributed by atoms with van der Waals surface area (Å²) in [6.07, 6.45) is 0. The van der Waals surface area contributed by atoms with Gasteiger partial charge in [0, 0.05) is 17.0 Å². The van der Waals surface area contributed by atoms with Crippen molar-refractivity contribution in [1.29, 1.82) is 0 Å². The smallest absolute Gasteiger partial charge is 0.193 e. The van der Waals surface area contributed by atoms with Crippen molar-refractivity contribution in [1.82, 2.24) is 0 Å². The first kappa shape index (κ1) is 13.8. The molecule has 1 aliphatic carbocycles. The molecule has 0 amide bonds. The SMILES string of the molecule is COc1ccc(C2c3ccccc3C(=O)c3ccccc32)cc1. The molecule has 2 nitrogen and oxygen atoms in total. The normalized spacial score (nSPS) is 13.3. The molecule has 0 fully saturated rings. The van der Waals surface area contributed by atoms with E-state index in [9.17, 15) is 4.79 Å². The van der Waals surface area contributed by atoms with Crippen LogP contribution in [0.25, 0.3) is 0 Å². The standard InChI is InChI=1S/C21H16O2/c1-23-15-12-10-14(11-13-15)20-16-6-2-4-8-18(16)21(22)19-9-5-3-7-17(19)20/h2-13,20H,1H3. The molecule has 3 aromatic rings. The quantitative estimate of drug-likeness (QED) is 0.548. The fourth-order valence-electron chi connectivity index (χ4n) is 3.38. The number of hydrogen-bond donors (Lipinski definition) is 0. The highest BCUT2D eigenvalue weighted by atomic mass is 16.5. The molecule has 0 aliphatic heterocycles. The maximum atomic E-state index is 12.8. The third-order valence-electron chi connectivity index (χ3n) is 4.48. The third kappa shape index (κ3) is 2.15. The largest absolute Gasteiger partial charge is 0.497 e. The predicted molar refractivity (Wildman–Crippen MR) is 90.3 cm³/mol. The molecule has 0 aromatic heterocycles. The number of rotatable bonds is 2. The Balaban J connectivity index is 1.95. The number of carbonyl (C=O) groups is 1. The first-order valence-corrected chi connectivity index (χ1v) is 7.66. The molecule has 0 bridgehead atoms. The highest BCUT2D eigenvalue weighted by molar-refractivity contribution is 6.13. The van der Waals surface area contributed by atoms with Crippen molar-refractivity contribution in [3.63, 3.8) is 0 Å². The van der Waals surface area contributed by atoms with Crippen LogP contribution in [0, 0.1) is 0 Å². The maximum absolute atomic E-state index is 12.8. The maximum Gasteiger partial charge on any atom is 0.193 e. The Kier molecular flexibility index (Phi) is 3.23. The van der Waals surface area contributed by atoms with Crippen molar-refractivity contribution in [2.24, 2.45) is 0 Å². The van der Waals surface area contributed by atoms with Crippen LogP contribution in [0.5, 0.6) is 5.75 Å². The number of hydrogen-bond acceptors (Lipinski definition) is 2. The molecule has 0 radical (unpaired) electrons. The molecule has 0 saturated heterocycles. The van der Waals surface area contributed by atoms with E-state index in [4.69, 9.17) is 4.74 Å². The highest BCUT2D eigenvalue weighted by Crippen LogP contribution is 2.40. The molecular formula is C21H16O2. The van der Waals surface area contributed by atoms with Crippen molar-refractivity contribution in [3.05, 3.63) is 101 Å². The van der Waals surface area contributed by atoms with Gasteiger partial charge in [-0.3, -0.25) is 4.79 Å². The Hall–Kier alpha value is -2.87. The fraction of sp³-hybridized carbons (Fsp3) is 0.0952. The molecule has 23 heavy (non-hydrogen) atoms. The zero-order valence-electron chi connectivity index (χ0n) is 12.8. The fourth-order valence-corrected chi connectivity index (χ4v) is 3.38. The second kappa shape index (κ2) is 5.40. The lowest BCUT2D eigenvalue weighted by atomic mass is 9.74. The minimum Gasteiger partial charge on any atom is -0.497 e. The van der Waals surface area contributed by atoms with E-state index >= 15 is 0 Å². The molecule has 0 heterocycles. The van der Waals surface area contributed by atoms with Crippen LogP contribution in [0.4, 0.5) is 0 Å². The van der Waals surface area contributed by atoms with E-state index in [-0.39, 0.29) is 11.7 Å². The predicted octanol–water partition coefficient (Wildman–Crippen LogP) is 4.42. The number of ether oxygens (including phenoxy) is 1. The van der Waals surface area contributed by atoms with Crippen molar-refractivity contribution in [3.8, 4) is 5.75 Å². The topological polar surface area (TPSA) is 26.3 Å². The van der Waals surface area contributed by atoms with Crippen LogP contribution in [-0.2, 0) is 0 Å². The zero-order valence-corrected chi connectivity index (χ0v) is 12.8. The first-order chi connectivity index (χ1) is 11.3. The van der Waals surface area contributed by atoms with Gasteiger partial charge in [-0.25, -0.2) is 0 Å². The van der Waals surface area contributed by atoms with Crippen LogP contribution in [-0.4, -0.2) is 12.9 Å². The Morgan fingerprint density at radius 2 is 1.26 bits per heavy atom. The summed E-state index contributed by atoms with van der Waals surface area (Å²) in [5.74, 6) is 1.02. The van der Waals surface area contributed by atoms with E-state index in [1.165, 1.54) is 5.56 Å². The molecular weight excluding hydrogens is 284 g/mol. The minimum absolute atomic E-state index is 0.0750. The number of methoxy groups -OCH3 is 1. The van der Waals surface area contributed by atoms with Gasteiger partial charge in [0.05, 0.1) is 7.11 Å². The second-order valence-electron chi connectivity index (χ2n) is 5.71. The van der Waals surface area contributed by atoms with Crippen molar-refractivity contribution in [2.75, 3.05) is 7.11 Å². The van der Waals surface area contributed by atoms with Gasteiger partial charge in [0.15, 0.2) is 5.78 Å². The third-order valence-corrected chi connectivity index (χ3v) is 4.48. The molecule has 0 saturated carbocycles. The van der Waals surface area contributed by atoms with Gasteiger partial charge in [0.25, 0.3) is 0 Å². The first-order valence-electron chi connectivity index (χ1n) is 7.66. The van der Waals surface area contributed by atoms with Crippen LogP contribution >= 0.6 is 0 Å². The monoisotopic (exact) mass is 300 g/mol.